The van der Waals surface area contributed by atoms with Crippen molar-refractivity contribution in [2.24, 2.45) is 0 Å². The highest BCUT2D eigenvalue weighted by Crippen LogP contribution is 2.51. The molecule has 0 aliphatic carbocycles. The summed E-state index contributed by atoms with van der Waals surface area (Å²) in [6.45, 7) is 6.43. The first-order valence-electron chi connectivity index (χ1n) is 5.96. The van der Waals surface area contributed by atoms with Crippen LogP contribution in [-0.2, 0) is 26.2 Å². The summed E-state index contributed by atoms with van der Waals surface area (Å²) in [4.78, 5) is 4.27. The number of aromatic nitrogens is 1. The first-order valence-corrected chi connectivity index (χ1v) is 7.68. The average molecular weight is 257 g/mol. The van der Waals surface area contributed by atoms with Gasteiger partial charge in [-0.05, 0) is 31.9 Å². The number of rotatable bonds is 7. The molecular weight excluding hydrogens is 237 g/mol. The van der Waals surface area contributed by atoms with Crippen molar-refractivity contribution in [3.63, 3.8) is 0 Å². The maximum absolute atomic E-state index is 12.4. The Morgan fingerprint density at radius 1 is 1.24 bits per heavy atom. The molecule has 0 unspecified atom stereocenters. The molecule has 0 atom stereocenters. The van der Waals surface area contributed by atoms with Gasteiger partial charge >= 0.3 is 7.60 Å². The van der Waals surface area contributed by atoms with E-state index in [4.69, 9.17) is 9.05 Å². The van der Waals surface area contributed by atoms with E-state index in [1.807, 2.05) is 32.9 Å². The number of hydrogen-bond donors (Lipinski definition) is 0. The van der Waals surface area contributed by atoms with Gasteiger partial charge in [0, 0.05) is 11.9 Å². The van der Waals surface area contributed by atoms with Crippen molar-refractivity contribution < 1.29 is 13.6 Å². The summed E-state index contributed by atoms with van der Waals surface area (Å²) < 4.78 is 22.9. The van der Waals surface area contributed by atoms with Crippen molar-refractivity contribution >= 4 is 7.60 Å². The highest BCUT2D eigenvalue weighted by Gasteiger charge is 2.25. The van der Waals surface area contributed by atoms with Crippen molar-refractivity contribution in [1.82, 2.24) is 4.98 Å². The minimum Gasteiger partial charge on any atom is -0.309 e. The van der Waals surface area contributed by atoms with Crippen LogP contribution in [0.3, 0.4) is 0 Å². The molecule has 1 heterocycles. The zero-order valence-electron chi connectivity index (χ0n) is 10.7. The fourth-order valence-electron chi connectivity index (χ4n) is 1.66. The predicted molar refractivity (Wildman–Crippen MR) is 68.2 cm³/mol. The molecule has 0 N–H and O–H groups in total. The van der Waals surface area contributed by atoms with E-state index in [9.17, 15) is 4.57 Å². The Balaban J connectivity index is 2.89. The highest BCUT2D eigenvalue weighted by atomic mass is 31.2. The molecule has 0 aromatic carbocycles. The van der Waals surface area contributed by atoms with Crippen LogP contribution >= 0.6 is 7.60 Å². The van der Waals surface area contributed by atoms with Crippen molar-refractivity contribution in [1.29, 1.82) is 0 Å². The van der Waals surface area contributed by atoms with Gasteiger partial charge in [-0.3, -0.25) is 9.55 Å². The van der Waals surface area contributed by atoms with Gasteiger partial charge in [0.1, 0.15) is 0 Å². The average Bonchev–Trinajstić information content (AvgIpc) is 2.30. The molecule has 0 spiro atoms. The quantitative estimate of drug-likeness (QED) is 0.702. The van der Waals surface area contributed by atoms with Crippen LogP contribution < -0.4 is 0 Å². The standard InChI is InChI=1S/C12H20NO3P/c1-4-12-11(8-7-9-13-12)10-17(14,15-5-2)16-6-3/h7-9H,4-6,10H2,1-3H3. The lowest BCUT2D eigenvalue weighted by Gasteiger charge is -2.17. The van der Waals surface area contributed by atoms with E-state index in [0.29, 0.717) is 19.4 Å². The summed E-state index contributed by atoms with van der Waals surface area (Å²) in [5, 5.41) is 0. The Kier molecular flexibility index (Phi) is 5.83. The summed E-state index contributed by atoms with van der Waals surface area (Å²) in [5.41, 5.74) is 1.90. The van der Waals surface area contributed by atoms with Crippen LogP contribution in [0.1, 0.15) is 32.0 Å². The van der Waals surface area contributed by atoms with Crippen LogP contribution in [0.4, 0.5) is 0 Å². The van der Waals surface area contributed by atoms with Gasteiger partial charge in [0.2, 0.25) is 0 Å². The van der Waals surface area contributed by atoms with Crippen LogP contribution in [0, 0.1) is 0 Å². The van der Waals surface area contributed by atoms with Crippen LogP contribution in [0.15, 0.2) is 18.3 Å². The summed E-state index contributed by atoms with van der Waals surface area (Å²) in [7, 11) is -3.02. The lowest BCUT2D eigenvalue weighted by Crippen LogP contribution is -2.02. The van der Waals surface area contributed by atoms with Crippen LogP contribution in [0.25, 0.3) is 0 Å². The SMILES string of the molecule is CCOP(=O)(Cc1cccnc1CC)OCC. The molecule has 0 bridgehead atoms. The molecule has 5 heteroatoms. The lowest BCUT2D eigenvalue weighted by atomic mass is 10.2. The smallest absolute Gasteiger partial charge is 0.309 e. The van der Waals surface area contributed by atoms with Crippen LogP contribution in [0.5, 0.6) is 0 Å². The summed E-state index contributed by atoms with van der Waals surface area (Å²) in [6, 6.07) is 3.77. The van der Waals surface area contributed by atoms with E-state index in [-0.39, 0.29) is 0 Å². The first-order chi connectivity index (χ1) is 8.15. The molecule has 0 saturated heterocycles. The molecule has 0 radical (unpaired) electrons. The third kappa shape index (κ3) is 4.23. The molecule has 17 heavy (non-hydrogen) atoms. The fourth-order valence-corrected chi connectivity index (χ4v) is 3.41. The van der Waals surface area contributed by atoms with Gasteiger partial charge < -0.3 is 9.05 Å². The number of hydrogen-bond acceptors (Lipinski definition) is 4. The third-order valence-corrected chi connectivity index (χ3v) is 4.37. The number of pyridine rings is 1. The van der Waals surface area contributed by atoms with E-state index in [1.54, 1.807) is 6.20 Å². The van der Waals surface area contributed by atoms with Crippen LogP contribution in [-0.4, -0.2) is 18.2 Å². The zero-order valence-corrected chi connectivity index (χ0v) is 11.6. The van der Waals surface area contributed by atoms with Gasteiger partial charge in [0.15, 0.2) is 0 Å². The Morgan fingerprint density at radius 2 is 1.88 bits per heavy atom. The summed E-state index contributed by atoms with van der Waals surface area (Å²) in [6.07, 6.45) is 2.86. The van der Waals surface area contributed by atoms with Gasteiger partial charge in [-0.25, -0.2) is 0 Å². The van der Waals surface area contributed by atoms with E-state index >= 15 is 0 Å². The Bertz CT molecular complexity index is 385. The number of aryl methyl sites for hydroxylation is 1. The largest absolute Gasteiger partial charge is 0.335 e. The predicted octanol–water partition coefficient (Wildman–Crippen LogP) is 3.41. The van der Waals surface area contributed by atoms with Crippen molar-refractivity contribution in [3.8, 4) is 0 Å². The molecule has 4 nitrogen and oxygen atoms in total. The third-order valence-electron chi connectivity index (χ3n) is 2.33. The molecule has 1 aromatic heterocycles. The lowest BCUT2D eigenvalue weighted by molar-refractivity contribution is 0.219. The maximum atomic E-state index is 12.4. The van der Waals surface area contributed by atoms with Gasteiger partial charge in [0.25, 0.3) is 0 Å². The molecular formula is C12H20NO3P. The Hall–Kier alpha value is -0.700. The highest BCUT2D eigenvalue weighted by molar-refractivity contribution is 7.53. The van der Waals surface area contributed by atoms with Crippen molar-refractivity contribution in [3.05, 3.63) is 29.6 Å². The van der Waals surface area contributed by atoms with Crippen molar-refractivity contribution in [2.45, 2.75) is 33.4 Å². The van der Waals surface area contributed by atoms with Crippen molar-refractivity contribution in [2.75, 3.05) is 13.2 Å². The van der Waals surface area contributed by atoms with E-state index < -0.39 is 7.60 Å². The van der Waals surface area contributed by atoms with Gasteiger partial charge in [-0.1, -0.05) is 13.0 Å². The molecule has 0 amide bonds. The Labute approximate surface area is 103 Å². The van der Waals surface area contributed by atoms with E-state index in [0.717, 1.165) is 17.7 Å². The monoisotopic (exact) mass is 257 g/mol. The normalized spacial score (nSPS) is 11.7. The fraction of sp³-hybridized carbons (Fsp3) is 0.583. The topological polar surface area (TPSA) is 48.4 Å². The van der Waals surface area contributed by atoms with Gasteiger partial charge in [-0.15, -0.1) is 0 Å². The Morgan fingerprint density at radius 3 is 2.41 bits per heavy atom. The molecule has 96 valence electrons. The van der Waals surface area contributed by atoms with Crippen LogP contribution in [0.2, 0.25) is 0 Å². The molecule has 0 fully saturated rings. The maximum Gasteiger partial charge on any atom is 0.335 e. The molecule has 1 aromatic rings. The van der Waals surface area contributed by atoms with Gasteiger partial charge in [-0.2, -0.15) is 0 Å². The second-order valence-electron chi connectivity index (χ2n) is 3.57. The number of nitrogens with zero attached hydrogens (tertiary/aromatic N) is 1. The van der Waals surface area contributed by atoms with E-state index in [2.05, 4.69) is 4.98 Å². The van der Waals surface area contributed by atoms with Gasteiger partial charge in [0.05, 0.1) is 19.4 Å². The second kappa shape index (κ2) is 6.90. The minimum absolute atomic E-state index is 0.297. The first kappa shape index (κ1) is 14.4. The molecule has 0 aliphatic heterocycles. The zero-order chi connectivity index (χ0) is 12.7. The molecule has 0 saturated carbocycles. The van der Waals surface area contributed by atoms with E-state index in [1.165, 1.54) is 0 Å². The second-order valence-corrected chi connectivity index (χ2v) is 5.62. The minimum atomic E-state index is -3.02. The summed E-state index contributed by atoms with van der Waals surface area (Å²) >= 11 is 0. The molecule has 0 aliphatic rings. The molecule has 1 rings (SSSR count). The summed E-state index contributed by atoms with van der Waals surface area (Å²) in [5.74, 6) is 0.